The minimum atomic E-state index is -1.10. The Hall–Kier alpha value is -1.52. The van der Waals surface area contributed by atoms with E-state index in [1.54, 1.807) is 6.07 Å². The third kappa shape index (κ3) is 1.79. The van der Waals surface area contributed by atoms with Crippen LogP contribution in [0.1, 0.15) is 27.7 Å². The Morgan fingerprint density at radius 3 is 2.47 bits per heavy atom. The third-order valence-corrected chi connectivity index (χ3v) is 4.48. The molecule has 5 heteroatoms. The largest absolute Gasteiger partial charge is 0.476 e. The van der Waals surface area contributed by atoms with Crippen LogP contribution in [0.4, 0.5) is 4.79 Å². The predicted octanol–water partition coefficient (Wildman–Crippen LogP) is 2.47. The van der Waals surface area contributed by atoms with E-state index >= 15 is 0 Å². The molecule has 1 aromatic heterocycles. The number of carbonyl (C=O) groups is 1. The Morgan fingerprint density at radius 2 is 2.06 bits per heavy atom. The van der Waals surface area contributed by atoms with Crippen LogP contribution >= 0.6 is 0 Å². The minimum absolute atomic E-state index is 0.266. The summed E-state index contributed by atoms with van der Waals surface area (Å²) in [6.45, 7) is 9.46. The van der Waals surface area contributed by atoms with Crippen molar-refractivity contribution in [2.24, 2.45) is 16.7 Å². The van der Waals surface area contributed by atoms with Gasteiger partial charge in [0.15, 0.2) is 0 Å². The Bertz CT molecular complexity index is 434. The molecule has 94 valence electrons. The van der Waals surface area contributed by atoms with Gasteiger partial charge in [-0.15, -0.1) is 5.10 Å². The molecule has 0 atom stereocenters. The lowest BCUT2D eigenvalue weighted by Gasteiger charge is -2.03. The zero-order valence-corrected chi connectivity index (χ0v) is 10.6. The molecule has 0 aromatic carbocycles. The van der Waals surface area contributed by atoms with E-state index in [1.165, 1.54) is 6.20 Å². The standard InChI is InChI=1S/C12H18N2O3/c1-11(2)8(12(11,3)4)7-17-9-5-6-14(13-9)10(15)16/h5-6,8H,7H2,1-4H3,(H,15,16). The van der Waals surface area contributed by atoms with Gasteiger partial charge in [-0.2, -0.15) is 4.68 Å². The highest BCUT2D eigenvalue weighted by Gasteiger charge is 2.64. The van der Waals surface area contributed by atoms with Crippen molar-refractivity contribution >= 4 is 6.09 Å². The van der Waals surface area contributed by atoms with Crippen molar-refractivity contribution in [3.8, 4) is 5.88 Å². The summed E-state index contributed by atoms with van der Waals surface area (Å²) >= 11 is 0. The number of nitrogens with zero attached hydrogens (tertiary/aromatic N) is 2. The van der Waals surface area contributed by atoms with Gasteiger partial charge in [0.05, 0.1) is 6.61 Å². The summed E-state index contributed by atoms with van der Waals surface area (Å²) in [7, 11) is 0. The van der Waals surface area contributed by atoms with E-state index in [1.807, 2.05) is 0 Å². The molecule has 1 heterocycles. The number of hydrogen-bond acceptors (Lipinski definition) is 3. The summed E-state index contributed by atoms with van der Waals surface area (Å²) in [5, 5.41) is 12.5. The van der Waals surface area contributed by atoms with Crippen LogP contribution in [0, 0.1) is 16.7 Å². The number of carboxylic acid groups (broad SMARTS) is 1. The van der Waals surface area contributed by atoms with E-state index in [4.69, 9.17) is 9.84 Å². The summed E-state index contributed by atoms with van der Waals surface area (Å²) in [6, 6.07) is 1.57. The molecule has 5 nitrogen and oxygen atoms in total. The van der Waals surface area contributed by atoms with Crippen LogP contribution < -0.4 is 4.74 Å². The number of rotatable bonds is 3. The molecule has 0 saturated heterocycles. The van der Waals surface area contributed by atoms with E-state index in [9.17, 15) is 4.79 Å². The summed E-state index contributed by atoms with van der Waals surface area (Å²) in [5.74, 6) is 0.843. The fourth-order valence-corrected chi connectivity index (χ4v) is 2.41. The quantitative estimate of drug-likeness (QED) is 0.878. The Morgan fingerprint density at radius 1 is 1.47 bits per heavy atom. The highest BCUT2D eigenvalue weighted by molar-refractivity contribution is 5.66. The van der Waals surface area contributed by atoms with Gasteiger partial charge in [0, 0.05) is 18.2 Å². The Balaban J connectivity index is 1.93. The van der Waals surface area contributed by atoms with Gasteiger partial charge in [-0.3, -0.25) is 0 Å². The van der Waals surface area contributed by atoms with Crippen molar-refractivity contribution in [1.29, 1.82) is 0 Å². The fourth-order valence-electron chi connectivity index (χ4n) is 2.41. The van der Waals surface area contributed by atoms with Gasteiger partial charge in [0.25, 0.3) is 0 Å². The molecule has 0 unspecified atom stereocenters. The predicted molar refractivity (Wildman–Crippen MR) is 62.2 cm³/mol. The summed E-state index contributed by atoms with van der Waals surface area (Å²) in [6.07, 6.45) is 0.271. The molecule has 1 aromatic rings. The summed E-state index contributed by atoms with van der Waals surface area (Å²) in [5.41, 5.74) is 0.532. The highest BCUT2D eigenvalue weighted by atomic mass is 16.5. The van der Waals surface area contributed by atoms with Gasteiger partial charge in [0.2, 0.25) is 5.88 Å². The second kappa shape index (κ2) is 3.48. The average Bonchev–Trinajstić information content (AvgIpc) is 2.58. The molecule has 1 aliphatic carbocycles. The van der Waals surface area contributed by atoms with E-state index in [0.29, 0.717) is 18.4 Å². The van der Waals surface area contributed by atoms with Crippen LogP contribution in [0.25, 0.3) is 0 Å². The zero-order chi connectivity index (χ0) is 12.8. The van der Waals surface area contributed by atoms with Crippen molar-refractivity contribution in [1.82, 2.24) is 9.78 Å². The molecule has 0 amide bonds. The van der Waals surface area contributed by atoms with Crippen LogP contribution in [0.15, 0.2) is 12.3 Å². The molecule has 1 aliphatic rings. The smallest absolute Gasteiger partial charge is 0.432 e. The summed E-state index contributed by atoms with van der Waals surface area (Å²) < 4.78 is 6.38. The first-order valence-corrected chi connectivity index (χ1v) is 5.68. The number of aromatic nitrogens is 2. The first-order valence-electron chi connectivity index (χ1n) is 5.68. The van der Waals surface area contributed by atoms with Crippen molar-refractivity contribution in [3.63, 3.8) is 0 Å². The highest BCUT2D eigenvalue weighted by Crippen LogP contribution is 2.68. The second-order valence-electron chi connectivity index (χ2n) is 5.69. The molecule has 1 saturated carbocycles. The van der Waals surface area contributed by atoms with Gasteiger partial charge in [0.1, 0.15) is 0 Å². The zero-order valence-electron chi connectivity index (χ0n) is 10.6. The van der Waals surface area contributed by atoms with Crippen LogP contribution in [0.5, 0.6) is 5.88 Å². The van der Waals surface area contributed by atoms with E-state index < -0.39 is 6.09 Å². The molecule has 1 N–H and O–H groups in total. The summed E-state index contributed by atoms with van der Waals surface area (Å²) in [4.78, 5) is 10.6. The maximum absolute atomic E-state index is 10.6. The molecule has 0 bridgehead atoms. The Labute approximate surface area is 100 Å². The second-order valence-corrected chi connectivity index (χ2v) is 5.69. The normalized spacial score (nSPS) is 21.2. The maximum atomic E-state index is 10.6. The van der Waals surface area contributed by atoms with Gasteiger partial charge in [-0.1, -0.05) is 27.7 Å². The van der Waals surface area contributed by atoms with E-state index in [-0.39, 0.29) is 10.8 Å². The number of ether oxygens (including phenoxy) is 1. The molecule has 0 aliphatic heterocycles. The van der Waals surface area contributed by atoms with Crippen LogP contribution in [-0.2, 0) is 0 Å². The lowest BCUT2D eigenvalue weighted by atomic mass is 10.0. The SMILES string of the molecule is CC1(C)C(COc2ccn(C(=O)O)n2)C1(C)C. The van der Waals surface area contributed by atoms with Gasteiger partial charge < -0.3 is 9.84 Å². The van der Waals surface area contributed by atoms with Crippen LogP contribution in [0.2, 0.25) is 0 Å². The lowest BCUT2D eigenvalue weighted by molar-refractivity contribution is 0.191. The van der Waals surface area contributed by atoms with Crippen molar-refractivity contribution in [2.45, 2.75) is 27.7 Å². The van der Waals surface area contributed by atoms with Crippen molar-refractivity contribution in [3.05, 3.63) is 12.3 Å². The number of hydrogen-bond donors (Lipinski definition) is 1. The molecule has 2 rings (SSSR count). The van der Waals surface area contributed by atoms with Gasteiger partial charge >= 0.3 is 6.09 Å². The first kappa shape index (κ1) is 12.0. The van der Waals surface area contributed by atoms with Crippen molar-refractivity contribution < 1.29 is 14.6 Å². The maximum Gasteiger partial charge on any atom is 0.432 e. The van der Waals surface area contributed by atoms with Gasteiger partial charge in [-0.25, -0.2) is 4.79 Å². The van der Waals surface area contributed by atoms with Crippen LogP contribution in [-0.4, -0.2) is 27.6 Å². The Kier molecular flexibility index (Phi) is 2.45. The minimum Gasteiger partial charge on any atom is -0.476 e. The lowest BCUT2D eigenvalue weighted by Crippen LogP contribution is -2.09. The fraction of sp³-hybridized carbons (Fsp3) is 0.667. The van der Waals surface area contributed by atoms with Crippen molar-refractivity contribution in [2.75, 3.05) is 6.61 Å². The van der Waals surface area contributed by atoms with E-state index in [2.05, 4.69) is 32.8 Å². The monoisotopic (exact) mass is 238 g/mol. The first-order chi connectivity index (χ1) is 7.76. The molecule has 0 spiro atoms. The van der Waals surface area contributed by atoms with Gasteiger partial charge in [-0.05, 0) is 10.8 Å². The third-order valence-electron chi connectivity index (χ3n) is 4.48. The molecule has 0 radical (unpaired) electrons. The molecule has 1 fully saturated rings. The molecular formula is C12H18N2O3. The van der Waals surface area contributed by atoms with Crippen LogP contribution in [0.3, 0.4) is 0 Å². The topological polar surface area (TPSA) is 64.3 Å². The molecule has 17 heavy (non-hydrogen) atoms. The molecular weight excluding hydrogens is 220 g/mol. The average molecular weight is 238 g/mol. The van der Waals surface area contributed by atoms with E-state index in [0.717, 1.165) is 4.68 Å².